The summed E-state index contributed by atoms with van der Waals surface area (Å²) in [5.41, 5.74) is 3.24. The number of anilines is 2. The van der Waals surface area contributed by atoms with Gasteiger partial charge in [0.05, 0.1) is 18.9 Å². The first-order valence-corrected chi connectivity index (χ1v) is 11.0. The third kappa shape index (κ3) is 5.22. The normalized spacial score (nSPS) is 22.2. The smallest absolute Gasteiger partial charge is 0.426 e. The number of carbonyl (C=O) groups excluding carboxylic acids is 1. The summed E-state index contributed by atoms with van der Waals surface area (Å²) in [5, 5.41) is 9.67. The molecule has 1 saturated heterocycles. The van der Waals surface area contributed by atoms with Crippen molar-refractivity contribution in [2.24, 2.45) is 0 Å². The standard InChI is InChI=1S/C21H26F3N7O4/c1-20(33,21(22,23)24)17(32)30(2)13-7-14(8-13)35-16-9-15(12-10-26-18(25)27-11-12)28-19(29-16)31-3-5-34-6-4-31/h9-11,13-14,33H,3-8H2,1-2H3,(H2,25,26,27)/t13?,14?,20-/m1/s1. The number of nitrogen functional groups attached to an aromatic ring is 1. The van der Waals surface area contributed by atoms with Crippen LogP contribution in [0.15, 0.2) is 18.5 Å². The van der Waals surface area contributed by atoms with Gasteiger partial charge >= 0.3 is 6.18 Å². The van der Waals surface area contributed by atoms with Crippen LogP contribution in [0.3, 0.4) is 0 Å². The van der Waals surface area contributed by atoms with Crippen molar-refractivity contribution >= 4 is 17.8 Å². The van der Waals surface area contributed by atoms with E-state index >= 15 is 0 Å². The molecule has 1 atom stereocenters. The topological polar surface area (TPSA) is 140 Å². The predicted octanol–water partition coefficient (Wildman–Crippen LogP) is 1.03. The first-order chi connectivity index (χ1) is 16.5. The van der Waals surface area contributed by atoms with Gasteiger partial charge in [0.15, 0.2) is 0 Å². The van der Waals surface area contributed by atoms with E-state index in [0.29, 0.717) is 50.4 Å². The number of rotatable bonds is 6. The Labute approximate surface area is 199 Å². The number of halogens is 3. The number of alkyl halides is 3. The highest BCUT2D eigenvalue weighted by atomic mass is 19.4. The lowest BCUT2D eigenvalue weighted by atomic mass is 9.87. The van der Waals surface area contributed by atoms with Crippen LogP contribution in [0.4, 0.5) is 25.1 Å². The van der Waals surface area contributed by atoms with Crippen molar-refractivity contribution in [3.8, 4) is 17.1 Å². The zero-order valence-corrected chi connectivity index (χ0v) is 19.2. The number of aromatic nitrogens is 4. The second-order valence-corrected chi connectivity index (χ2v) is 8.67. The second-order valence-electron chi connectivity index (χ2n) is 8.67. The predicted molar refractivity (Wildman–Crippen MR) is 117 cm³/mol. The Morgan fingerprint density at radius 1 is 1.23 bits per heavy atom. The molecule has 1 amide bonds. The van der Waals surface area contributed by atoms with Crippen molar-refractivity contribution in [2.45, 2.75) is 43.7 Å². The van der Waals surface area contributed by atoms with Crippen molar-refractivity contribution in [1.82, 2.24) is 24.8 Å². The van der Waals surface area contributed by atoms with Crippen molar-refractivity contribution < 1.29 is 32.5 Å². The molecule has 4 rings (SSSR count). The second kappa shape index (κ2) is 9.41. The summed E-state index contributed by atoms with van der Waals surface area (Å²) < 4.78 is 50.4. The van der Waals surface area contributed by atoms with E-state index in [0.717, 1.165) is 4.90 Å². The highest BCUT2D eigenvalue weighted by Crippen LogP contribution is 2.35. The average Bonchev–Trinajstić information content (AvgIpc) is 2.80. The van der Waals surface area contributed by atoms with Crippen molar-refractivity contribution in [3.63, 3.8) is 0 Å². The summed E-state index contributed by atoms with van der Waals surface area (Å²) >= 11 is 0. The van der Waals surface area contributed by atoms with E-state index in [1.807, 2.05) is 4.90 Å². The Morgan fingerprint density at radius 2 is 1.86 bits per heavy atom. The quantitative estimate of drug-likeness (QED) is 0.595. The van der Waals surface area contributed by atoms with Crippen molar-refractivity contribution in [1.29, 1.82) is 0 Å². The minimum Gasteiger partial charge on any atom is -0.474 e. The van der Waals surface area contributed by atoms with Gasteiger partial charge in [-0.1, -0.05) is 0 Å². The largest absolute Gasteiger partial charge is 0.474 e. The SMILES string of the molecule is CN(C(=O)[C@@](C)(O)C(F)(F)F)C1CC(Oc2cc(-c3cnc(N)nc3)nc(N3CCOCC3)n2)C1. The molecule has 2 aromatic heterocycles. The lowest BCUT2D eigenvalue weighted by molar-refractivity contribution is -0.251. The first kappa shape index (κ1) is 24.9. The van der Waals surface area contributed by atoms with Crippen LogP contribution in [-0.4, -0.2) is 93.1 Å². The Hall–Kier alpha value is -3.26. The Bertz CT molecular complexity index is 1060. The zero-order valence-electron chi connectivity index (χ0n) is 19.2. The summed E-state index contributed by atoms with van der Waals surface area (Å²) in [6, 6.07) is 1.11. The Morgan fingerprint density at radius 3 is 2.46 bits per heavy atom. The van der Waals surface area contributed by atoms with E-state index in [1.54, 1.807) is 6.07 Å². The van der Waals surface area contributed by atoms with Gasteiger partial charge in [-0.15, -0.1) is 0 Å². The lowest BCUT2D eigenvalue weighted by Crippen LogP contribution is -2.60. The van der Waals surface area contributed by atoms with Gasteiger partial charge in [0.2, 0.25) is 23.4 Å². The molecule has 190 valence electrons. The number of likely N-dealkylation sites (N-methyl/N-ethyl adjacent to an activating group) is 1. The summed E-state index contributed by atoms with van der Waals surface area (Å²) in [4.78, 5) is 32.2. The number of carbonyl (C=O) groups is 1. The van der Waals surface area contributed by atoms with E-state index in [9.17, 15) is 23.1 Å². The van der Waals surface area contributed by atoms with E-state index < -0.39 is 23.7 Å². The number of aliphatic hydroxyl groups is 1. The van der Waals surface area contributed by atoms with Crippen molar-refractivity contribution in [2.75, 3.05) is 44.0 Å². The maximum absolute atomic E-state index is 13.0. The maximum Gasteiger partial charge on any atom is 0.426 e. The van der Waals surface area contributed by atoms with Gasteiger partial charge in [-0.05, 0) is 6.92 Å². The molecule has 2 aliphatic rings. The van der Waals surface area contributed by atoms with Crippen LogP contribution in [0.1, 0.15) is 19.8 Å². The Kier molecular flexibility index (Phi) is 6.68. The van der Waals surface area contributed by atoms with E-state index in [1.165, 1.54) is 19.4 Å². The number of nitrogens with two attached hydrogens (primary N) is 1. The molecule has 2 fully saturated rings. The molecule has 35 heavy (non-hydrogen) atoms. The molecule has 1 saturated carbocycles. The fraction of sp³-hybridized carbons (Fsp3) is 0.571. The molecule has 1 aliphatic heterocycles. The van der Waals surface area contributed by atoms with Crippen LogP contribution in [0.5, 0.6) is 5.88 Å². The molecule has 2 aromatic rings. The summed E-state index contributed by atoms with van der Waals surface area (Å²) in [5.74, 6) is -0.581. The van der Waals surface area contributed by atoms with Crippen LogP contribution in [-0.2, 0) is 9.53 Å². The zero-order chi connectivity index (χ0) is 25.4. The molecule has 1 aliphatic carbocycles. The molecule has 0 spiro atoms. The number of morpholine rings is 1. The lowest BCUT2D eigenvalue weighted by Gasteiger charge is -2.42. The molecule has 0 bridgehead atoms. The molecule has 3 N–H and O–H groups in total. The molecule has 0 aromatic carbocycles. The summed E-state index contributed by atoms with van der Waals surface area (Å²) in [6.07, 6.45) is -1.82. The molecule has 3 heterocycles. The van der Waals surface area contributed by atoms with E-state index in [2.05, 4.69) is 19.9 Å². The van der Waals surface area contributed by atoms with Gasteiger partial charge < -0.3 is 30.1 Å². The monoisotopic (exact) mass is 497 g/mol. The molecule has 11 nitrogen and oxygen atoms in total. The number of hydrogen-bond donors (Lipinski definition) is 2. The van der Waals surface area contributed by atoms with E-state index in [-0.39, 0.29) is 30.8 Å². The fourth-order valence-corrected chi connectivity index (χ4v) is 3.75. The average molecular weight is 497 g/mol. The third-order valence-electron chi connectivity index (χ3n) is 6.15. The molecule has 0 unspecified atom stereocenters. The maximum atomic E-state index is 13.0. The third-order valence-corrected chi connectivity index (χ3v) is 6.15. The minimum atomic E-state index is -5.07. The van der Waals surface area contributed by atoms with Gasteiger partial charge in [-0.3, -0.25) is 4.79 Å². The number of ether oxygens (including phenoxy) is 2. The molecular formula is C21H26F3N7O4. The van der Waals surface area contributed by atoms with Crippen LogP contribution in [0.2, 0.25) is 0 Å². The van der Waals surface area contributed by atoms with Gasteiger partial charge in [-0.2, -0.15) is 18.2 Å². The highest BCUT2D eigenvalue weighted by Gasteiger charge is 2.58. The van der Waals surface area contributed by atoms with Crippen LogP contribution < -0.4 is 15.4 Å². The van der Waals surface area contributed by atoms with Crippen LogP contribution in [0, 0.1) is 0 Å². The fourth-order valence-electron chi connectivity index (χ4n) is 3.75. The molecule has 0 radical (unpaired) electrons. The number of nitrogens with zero attached hydrogens (tertiary/aromatic N) is 6. The van der Waals surface area contributed by atoms with Gasteiger partial charge in [0, 0.05) is 63.0 Å². The van der Waals surface area contributed by atoms with Gasteiger partial charge in [-0.25, -0.2) is 15.0 Å². The van der Waals surface area contributed by atoms with Crippen LogP contribution in [0.25, 0.3) is 11.3 Å². The number of hydrogen-bond acceptors (Lipinski definition) is 10. The first-order valence-electron chi connectivity index (χ1n) is 11.0. The van der Waals surface area contributed by atoms with Gasteiger partial charge in [0.1, 0.15) is 6.10 Å². The Balaban J connectivity index is 1.48. The summed E-state index contributed by atoms with van der Waals surface area (Å²) in [6.45, 7) is 2.70. The highest BCUT2D eigenvalue weighted by molar-refractivity contribution is 5.85. The van der Waals surface area contributed by atoms with E-state index in [4.69, 9.17) is 15.2 Å². The van der Waals surface area contributed by atoms with Gasteiger partial charge in [0.25, 0.3) is 5.91 Å². The van der Waals surface area contributed by atoms with Crippen molar-refractivity contribution in [3.05, 3.63) is 18.5 Å². The number of amides is 1. The van der Waals surface area contributed by atoms with Crippen LogP contribution >= 0.6 is 0 Å². The summed E-state index contributed by atoms with van der Waals surface area (Å²) in [7, 11) is 1.24. The minimum absolute atomic E-state index is 0.122. The molecule has 14 heteroatoms. The molecular weight excluding hydrogens is 471 g/mol.